The van der Waals surface area contributed by atoms with Crippen molar-refractivity contribution in [1.82, 2.24) is 30.3 Å². The molecule has 0 radical (unpaired) electrons. The summed E-state index contributed by atoms with van der Waals surface area (Å²) >= 11 is 0. The number of rotatable bonds is 8. The molecule has 0 aliphatic carbocycles. The Morgan fingerprint density at radius 2 is 1.82 bits per heavy atom. The van der Waals surface area contributed by atoms with Gasteiger partial charge >= 0.3 is 6.03 Å². The van der Waals surface area contributed by atoms with Crippen LogP contribution < -0.4 is 11.1 Å². The van der Waals surface area contributed by atoms with Gasteiger partial charge in [-0.05, 0) is 41.0 Å². The normalized spacial score (nSPS) is 18.9. The van der Waals surface area contributed by atoms with E-state index in [-0.39, 0.29) is 56.0 Å². The molecule has 0 bridgehead atoms. The van der Waals surface area contributed by atoms with Gasteiger partial charge in [-0.15, -0.1) is 6.58 Å². The molecule has 3 heterocycles. The van der Waals surface area contributed by atoms with Crippen molar-refractivity contribution in [2.75, 3.05) is 25.4 Å². The Morgan fingerprint density at radius 1 is 1.07 bits per heavy atom. The monoisotopic (exact) mass is 595 g/mol. The van der Waals surface area contributed by atoms with Gasteiger partial charge in [0.1, 0.15) is 18.0 Å². The molecule has 4 amide bonds. The number of fused-ring (bicyclic) bond motifs is 2. The van der Waals surface area contributed by atoms with E-state index >= 15 is 0 Å². The molecule has 44 heavy (non-hydrogen) atoms. The number of anilines is 1. The Balaban J connectivity index is 1.35. The molecule has 0 spiro atoms. The SMILES string of the molecule is C=CCN1CC(=O)N2[C@@H](Cc3ccc(O)cc3)C(=O)N(Cc3ccc4onc(N)c4c3)C[C@@H]2N1C(=O)NCc1ccccc1. The summed E-state index contributed by atoms with van der Waals surface area (Å²) in [5, 5.41) is 20.5. The third-order valence-electron chi connectivity index (χ3n) is 7.97. The highest BCUT2D eigenvalue weighted by molar-refractivity contribution is 5.92. The smallest absolute Gasteiger partial charge is 0.334 e. The fourth-order valence-electron chi connectivity index (χ4n) is 5.88. The van der Waals surface area contributed by atoms with E-state index in [1.807, 2.05) is 42.5 Å². The van der Waals surface area contributed by atoms with Crippen LogP contribution in [0.4, 0.5) is 10.6 Å². The van der Waals surface area contributed by atoms with Crippen LogP contribution in [0.5, 0.6) is 5.75 Å². The average molecular weight is 596 g/mol. The number of phenolic OH excluding ortho intramolecular Hbond substituents is 1. The number of nitrogens with two attached hydrogens (primary N) is 1. The van der Waals surface area contributed by atoms with Crippen molar-refractivity contribution in [2.45, 2.75) is 31.7 Å². The lowest BCUT2D eigenvalue weighted by atomic mass is 9.98. The predicted molar refractivity (Wildman–Crippen MR) is 162 cm³/mol. The first-order valence-corrected chi connectivity index (χ1v) is 14.3. The molecule has 226 valence electrons. The largest absolute Gasteiger partial charge is 0.508 e. The zero-order valence-electron chi connectivity index (χ0n) is 24.0. The third-order valence-corrected chi connectivity index (χ3v) is 7.97. The number of urea groups is 1. The van der Waals surface area contributed by atoms with Gasteiger partial charge in [0.05, 0.1) is 18.5 Å². The maximum atomic E-state index is 14.2. The molecule has 0 unspecified atom stereocenters. The molecule has 2 aliphatic rings. The summed E-state index contributed by atoms with van der Waals surface area (Å²) in [6.07, 6.45) is 1.06. The summed E-state index contributed by atoms with van der Waals surface area (Å²) < 4.78 is 5.24. The molecule has 12 nitrogen and oxygen atoms in total. The molecule has 2 fully saturated rings. The maximum Gasteiger partial charge on any atom is 0.334 e. The number of nitrogens with zero attached hydrogens (tertiary/aromatic N) is 5. The Morgan fingerprint density at radius 3 is 2.57 bits per heavy atom. The van der Waals surface area contributed by atoms with Crippen LogP contribution in [0.25, 0.3) is 11.0 Å². The predicted octanol–water partition coefficient (Wildman–Crippen LogP) is 2.85. The topological polar surface area (TPSA) is 148 Å². The van der Waals surface area contributed by atoms with Crippen LogP contribution >= 0.6 is 0 Å². The maximum absolute atomic E-state index is 14.2. The number of phenols is 1. The van der Waals surface area contributed by atoms with E-state index in [2.05, 4.69) is 17.1 Å². The number of nitrogen functional groups attached to an aromatic ring is 1. The quantitative estimate of drug-likeness (QED) is 0.264. The Labute approximate surface area is 253 Å². The zero-order valence-corrected chi connectivity index (χ0v) is 24.0. The van der Waals surface area contributed by atoms with Crippen molar-refractivity contribution in [1.29, 1.82) is 0 Å². The summed E-state index contributed by atoms with van der Waals surface area (Å²) in [5.74, 6) is -0.160. The van der Waals surface area contributed by atoms with E-state index in [1.165, 1.54) is 9.91 Å². The minimum atomic E-state index is -0.884. The van der Waals surface area contributed by atoms with E-state index in [0.717, 1.165) is 16.7 Å². The van der Waals surface area contributed by atoms with Gasteiger partial charge < -0.3 is 30.5 Å². The first-order valence-electron chi connectivity index (χ1n) is 14.3. The lowest BCUT2D eigenvalue weighted by Gasteiger charge is -2.55. The van der Waals surface area contributed by atoms with Crippen LogP contribution in [0.1, 0.15) is 16.7 Å². The first-order chi connectivity index (χ1) is 21.3. The second-order valence-electron chi connectivity index (χ2n) is 10.9. The molecule has 4 aromatic rings. The number of aromatic nitrogens is 1. The number of nitrogens with one attached hydrogen (secondary N) is 1. The first kappa shape index (κ1) is 28.7. The van der Waals surface area contributed by atoms with E-state index in [1.54, 1.807) is 46.3 Å². The van der Waals surface area contributed by atoms with Gasteiger partial charge in [0.15, 0.2) is 11.4 Å². The number of carbonyl (C=O) groups is 3. The van der Waals surface area contributed by atoms with Crippen LogP contribution in [0.3, 0.4) is 0 Å². The van der Waals surface area contributed by atoms with E-state index in [4.69, 9.17) is 10.3 Å². The van der Waals surface area contributed by atoms with Gasteiger partial charge in [-0.1, -0.05) is 59.8 Å². The second-order valence-corrected chi connectivity index (χ2v) is 10.9. The highest BCUT2D eigenvalue weighted by Crippen LogP contribution is 2.30. The van der Waals surface area contributed by atoms with Crippen LogP contribution in [0, 0.1) is 0 Å². The van der Waals surface area contributed by atoms with Crippen molar-refractivity contribution in [2.24, 2.45) is 0 Å². The standard InChI is InChI=1S/C32H33N7O5/c1-2-14-37-20-29(41)38-26(16-21-8-11-24(40)12-9-21)31(42)36(18-23-10-13-27-25(15-23)30(33)35-44-27)19-28(38)39(37)32(43)34-17-22-6-4-3-5-7-22/h2-13,15,26,28,40H,1,14,16-20H2,(H2,33,35)(H,34,43)/t26-,28-/m0/s1. The van der Waals surface area contributed by atoms with Crippen molar-refractivity contribution >= 4 is 34.6 Å². The summed E-state index contributed by atoms with van der Waals surface area (Å²) in [6, 6.07) is 20.2. The number of carbonyl (C=O) groups excluding carboxylic acids is 3. The van der Waals surface area contributed by atoms with Crippen LogP contribution in [0.2, 0.25) is 0 Å². The zero-order chi connectivity index (χ0) is 30.8. The number of hydrogen-bond acceptors (Lipinski definition) is 8. The molecular formula is C32H33N7O5. The summed E-state index contributed by atoms with van der Waals surface area (Å²) in [4.78, 5) is 44.9. The van der Waals surface area contributed by atoms with E-state index in [0.29, 0.717) is 17.5 Å². The average Bonchev–Trinajstić information content (AvgIpc) is 3.39. The van der Waals surface area contributed by atoms with Crippen LogP contribution in [-0.4, -0.2) is 79.8 Å². The van der Waals surface area contributed by atoms with E-state index in [9.17, 15) is 19.5 Å². The highest BCUT2D eigenvalue weighted by atomic mass is 16.5. The lowest BCUT2D eigenvalue weighted by molar-refractivity contribution is -0.189. The molecule has 12 heteroatoms. The number of aromatic hydroxyl groups is 1. The van der Waals surface area contributed by atoms with E-state index < -0.39 is 18.2 Å². The van der Waals surface area contributed by atoms with Crippen molar-refractivity contribution < 1.29 is 24.0 Å². The number of hydrazine groups is 1. The van der Waals surface area contributed by atoms with Gasteiger partial charge in [-0.2, -0.15) is 0 Å². The number of hydrogen-bond donors (Lipinski definition) is 3. The fourth-order valence-corrected chi connectivity index (χ4v) is 5.88. The minimum Gasteiger partial charge on any atom is -0.508 e. The molecule has 2 saturated heterocycles. The molecule has 1 aromatic heterocycles. The Hall–Kier alpha value is -5.36. The molecule has 4 N–H and O–H groups in total. The van der Waals surface area contributed by atoms with Crippen LogP contribution in [-0.2, 0) is 29.1 Å². The third kappa shape index (κ3) is 5.66. The molecular weight excluding hydrogens is 562 g/mol. The summed E-state index contributed by atoms with van der Waals surface area (Å²) in [6.45, 7) is 4.58. The van der Waals surface area contributed by atoms with Crippen molar-refractivity contribution in [3.05, 3.63) is 102 Å². The van der Waals surface area contributed by atoms with Gasteiger partial charge in [0.2, 0.25) is 11.8 Å². The Bertz CT molecular complexity index is 1690. The van der Waals surface area contributed by atoms with Crippen molar-refractivity contribution in [3.8, 4) is 5.75 Å². The molecule has 2 atom stereocenters. The fraction of sp³-hybridized carbons (Fsp3) is 0.250. The van der Waals surface area contributed by atoms with Crippen LogP contribution in [0.15, 0.2) is 90.0 Å². The molecule has 3 aromatic carbocycles. The summed E-state index contributed by atoms with van der Waals surface area (Å²) in [7, 11) is 0. The number of piperazine rings is 1. The number of benzene rings is 3. The summed E-state index contributed by atoms with van der Waals surface area (Å²) in [5.41, 5.74) is 9.00. The number of amides is 4. The van der Waals surface area contributed by atoms with Gasteiger partial charge in [-0.3, -0.25) is 9.59 Å². The second kappa shape index (κ2) is 12.1. The van der Waals surface area contributed by atoms with Gasteiger partial charge in [0, 0.05) is 26.1 Å². The van der Waals surface area contributed by atoms with Gasteiger partial charge in [-0.25, -0.2) is 14.8 Å². The molecule has 2 aliphatic heterocycles. The van der Waals surface area contributed by atoms with Gasteiger partial charge in [0.25, 0.3) is 0 Å². The molecule has 0 saturated carbocycles. The molecule has 6 rings (SSSR count). The van der Waals surface area contributed by atoms with Crippen molar-refractivity contribution in [3.63, 3.8) is 0 Å². The Kier molecular flexibility index (Phi) is 7.90. The highest BCUT2D eigenvalue weighted by Gasteiger charge is 2.51. The lowest BCUT2D eigenvalue weighted by Crippen LogP contribution is -2.76. The minimum absolute atomic E-state index is 0.0835.